The average molecular weight is 388 g/mol. The summed E-state index contributed by atoms with van der Waals surface area (Å²) in [5.74, 6) is -0.121. The number of carbonyl (C=O) groups is 1. The van der Waals surface area contributed by atoms with Gasteiger partial charge in [0.25, 0.3) is 5.91 Å². The van der Waals surface area contributed by atoms with Gasteiger partial charge in [0.1, 0.15) is 0 Å². The quantitative estimate of drug-likeness (QED) is 0.609. The normalized spacial score (nSPS) is 14.7. The molecule has 3 heterocycles. The highest BCUT2D eigenvalue weighted by atomic mass is 32.2. The molecule has 0 radical (unpaired) electrons. The first-order valence-corrected chi connectivity index (χ1v) is 10.6. The Hall–Kier alpha value is -1.67. The number of aromatic nitrogens is 1. The smallest absolute Gasteiger partial charge is 0.257 e. The van der Waals surface area contributed by atoms with Crippen LogP contribution >= 0.6 is 34.6 Å². The molecule has 7 heteroatoms. The van der Waals surface area contributed by atoms with E-state index in [-0.39, 0.29) is 5.91 Å². The topological polar surface area (TPSA) is 45.2 Å². The third kappa shape index (κ3) is 4.12. The van der Waals surface area contributed by atoms with Gasteiger partial charge >= 0.3 is 0 Å². The zero-order valence-corrected chi connectivity index (χ0v) is 15.9. The fourth-order valence-corrected chi connectivity index (χ4v) is 5.10. The van der Waals surface area contributed by atoms with Crippen molar-refractivity contribution in [2.45, 2.75) is 17.7 Å². The molecule has 1 N–H and O–H groups in total. The number of anilines is 1. The van der Waals surface area contributed by atoms with Gasteiger partial charge in [-0.25, -0.2) is 9.29 Å². The summed E-state index contributed by atoms with van der Waals surface area (Å²) in [4.78, 5) is 19.2. The molecule has 0 saturated carbocycles. The standard InChI is InChI=1S/C18H17N3OS3/c22-17(20-18-19-15(12-24-18)16-4-3-11-23-16)13-5-7-14(8-6-13)25-21-9-1-2-10-21/h3-8,11-12H,1-2,9-10H2,(H,19,20,22). The van der Waals surface area contributed by atoms with E-state index in [2.05, 4.69) is 14.6 Å². The molecule has 25 heavy (non-hydrogen) atoms. The van der Waals surface area contributed by atoms with Crippen LogP contribution in [0.2, 0.25) is 0 Å². The maximum atomic E-state index is 12.4. The summed E-state index contributed by atoms with van der Waals surface area (Å²) in [7, 11) is 0. The minimum atomic E-state index is -0.121. The molecule has 0 bridgehead atoms. The Labute approximate surface area is 159 Å². The average Bonchev–Trinajstić information content (AvgIpc) is 3.38. The lowest BCUT2D eigenvalue weighted by atomic mass is 10.2. The Morgan fingerprint density at radius 2 is 1.92 bits per heavy atom. The van der Waals surface area contributed by atoms with Gasteiger partial charge in [-0.15, -0.1) is 22.7 Å². The Balaban J connectivity index is 1.39. The van der Waals surface area contributed by atoms with E-state index < -0.39 is 0 Å². The predicted octanol–water partition coefficient (Wildman–Crippen LogP) is 5.23. The molecule has 1 aliphatic rings. The first-order chi connectivity index (χ1) is 12.3. The van der Waals surface area contributed by atoms with Crippen LogP contribution < -0.4 is 5.32 Å². The van der Waals surface area contributed by atoms with Gasteiger partial charge < -0.3 is 0 Å². The number of rotatable bonds is 5. The van der Waals surface area contributed by atoms with Gasteiger partial charge in [-0.2, -0.15) is 0 Å². The van der Waals surface area contributed by atoms with E-state index in [0.29, 0.717) is 10.7 Å². The number of thiazole rings is 1. The Morgan fingerprint density at radius 3 is 2.64 bits per heavy atom. The number of benzene rings is 1. The van der Waals surface area contributed by atoms with Crippen LogP contribution in [0.25, 0.3) is 10.6 Å². The fraction of sp³-hybridized carbons (Fsp3) is 0.222. The highest BCUT2D eigenvalue weighted by Gasteiger charge is 2.14. The van der Waals surface area contributed by atoms with E-state index in [0.717, 1.165) is 23.7 Å². The largest absolute Gasteiger partial charge is 0.298 e. The molecule has 4 nitrogen and oxygen atoms in total. The Morgan fingerprint density at radius 1 is 1.12 bits per heavy atom. The SMILES string of the molecule is O=C(Nc1nc(-c2cccs2)cs1)c1ccc(SN2CCCC2)cc1. The number of amides is 1. The summed E-state index contributed by atoms with van der Waals surface area (Å²) in [5.41, 5.74) is 1.56. The molecule has 0 unspecified atom stereocenters. The maximum absolute atomic E-state index is 12.4. The molecular weight excluding hydrogens is 370 g/mol. The summed E-state index contributed by atoms with van der Waals surface area (Å²) < 4.78 is 2.37. The van der Waals surface area contributed by atoms with Crippen molar-refractivity contribution in [1.82, 2.24) is 9.29 Å². The van der Waals surface area contributed by atoms with E-state index in [1.807, 2.05) is 47.2 Å². The highest BCUT2D eigenvalue weighted by Crippen LogP contribution is 2.29. The summed E-state index contributed by atoms with van der Waals surface area (Å²) in [6.07, 6.45) is 2.55. The fourth-order valence-electron chi connectivity index (χ4n) is 2.63. The minimum absolute atomic E-state index is 0.121. The molecule has 0 aliphatic carbocycles. The molecule has 1 saturated heterocycles. The van der Waals surface area contributed by atoms with E-state index in [4.69, 9.17) is 0 Å². The third-order valence-corrected chi connectivity index (χ3v) is 6.67. The van der Waals surface area contributed by atoms with Crippen molar-refractivity contribution in [3.8, 4) is 10.6 Å². The molecule has 1 amide bonds. The van der Waals surface area contributed by atoms with Crippen molar-refractivity contribution in [1.29, 1.82) is 0 Å². The van der Waals surface area contributed by atoms with Crippen molar-refractivity contribution in [3.05, 3.63) is 52.7 Å². The van der Waals surface area contributed by atoms with Gasteiger partial charge in [0, 0.05) is 28.9 Å². The second kappa shape index (κ2) is 7.70. The number of nitrogens with zero attached hydrogens (tertiary/aromatic N) is 2. The summed E-state index contributed by atoms with van der Waals surface area (Å²) in [6, 6.07) is 11.8. The lowest BCUT2D eigenvalue weighted by Crippen LogP contribution is -2.12. The lowest BCUT2D eigenvalue weighted by molar-refractivity contribution is 0.102. The minimum Gasteiger partial charge on any atom is -0.298 e. The van der Waals surface area contributed by atoms with Crippen LogP contribution in [0.1, 0.15) is 23.2 Å². The van der Waals surface area contributed by atoms with E-state index in [9.17, 15) is 4.79 Å². The number of carbonyl (C=O) groups excluding carboxylic acids is 1. The van der Waals surface area contributed by atoms with E-state index in [1.165, 1.54) is 29.1 Å². The first kappa shape index (κ1) is 16.8. The molecule has 1 aliphatic heterocycles. The molecular formula is C18H17N3OS3. The number of thiophene rings is 1. The summed E-state index contributed by atoms with van der Waals surface area (Å²) >= 11 is 4.86. The monoisotopic (exact) mass is 387 g/mol. The molecule has 1 fully saturated rings. The molecule has 0 spiro atoms. The van der Waals surface area contributed by atoms with Crippen LogP contribution in [0.5, 0.6) is 0 Å². The summed E-state index contributed by atoms with van der Waals surface area (Å²) in [6.45, 7) is 2.28. The molecule has 0 atom stereocenters. The van der Waals surface area contributed by atoms with Crippen molar-refractivity contribution in [3.63, 3.8) is 0 Å². The van der Waals surface area contributed by atoms with Gasteiger partial charge in [0.05, 0.1) is 10.6 Å². The predicted molar refractivity (Wildman–Crippen MR) is 106 cm³/mol. The van der Waals surface area contributed by atoms with Crippen LogP contribution in [0.3, 0.4) is 0 Å². The van der Waals surface area contributed by atoms with Crippen LogP contribution in [0.15, 0.2) is 52.1 Å². The second-order valence-electron chi connectivity index (χ2n) is 5.72. The number of hydrogen-bond acceptors (Lipinski definition) is 6. The zero-order chi connectivity index (χ0) is 17.1. The maximum Gasteiger partial charge on any atom is 0.257 e. The van der Waals surface area contributed by atoms with Crippen molar-refractivity contribution < 1.29 is 4.79 Å². The van der Waals surface area contributed by atoms with E-state index >= 15 is 0 Å². The van der Waals surface area contributed by atoms with Gasteiger partial charge in [-0.05, 0) is 60.5 Å². The molecule has 3 aromatic rings. The molecule has 128 valence electrons. The highest BCUT2D eigenvalue weighted by molar-refractivity contribution is 7.97. The van der Waals surface area contributed by atoms with Crippen LogP contribution in [0, 0.1) is 0 Å². The van der Waals surface area contributed by atoms with Crippen LogP contribution in [0.4, 0.5) is 5.13 Å². The van der Waals surface area contributed by atoms with Crippen LogP contribution in [-0.2, 0) is 0 Å². The van der Waals surface area contributed by atoms with Gasteiger partial charge in [0.2, 0.25) is 0 Å². The van der Waals surface area contributed by atoms with Crippen molar-refractivity contribution in [2.75, 3.05) is 18.4 Å². The van der Waals surface area contributed by atoms with Crippen LogP contribution in [-0.4, -0.2) is 28.3 Å². The van der Waals surface area contributed by atoms with Crippen molar-refractivity contribution in [2.24, 2.45) is 0 Å². The van der Waals surface area contributed by atoms with Gasteiger partial charge in [-0.3, -0.25) is 10.1 Å². The molecule has 4 rings (SSSR count). The Bertz CT molecular complexity index is 837. The van der Waals surface area contributed by atoms with E-state index in [1.54, 1.807) is 23.3 Å². The van der Waals surface area contributed by atoms with Crippen molar-refractivity contribution >= 4 is 45.7 Å². The Kier molecular flexibility index (Phi) is 5.17. The summed E-state index contributed by atoms with van der Waals surface area (Å²) in [5, 5.41) is 7.51. The molecule has 1 aromatic carbocycles. The lowest BCUT2D eigenvalue weighted by Gasteiger charge is -2.13. The molecule has 2 aromatic heterocycles. The number of nitrogens with one attached hydrogen (secondary N) is 1. The third-order valence-electron chi connectivity index (χ3n) is 3.91. The number of hydrogen-bond donors (Lipinski definition) is 1. The first-order valence-electron chi connectivity index (χ1n) is 8.12. The second-order valence-corrected chi connectivity index (χ2v) is 8.70. The van der Waals surface area contributed by atoms with Gasteiger partial charge in [0.15, 0.2) is 5.13 Å². The zero-order valence-electron chi connectivity index (χ0n) is 13.5. The van der Waals surface area contributed by atoms with Gasteiger partial charge in [-0.1, -0.05) is 6.07 Å².